The van der Waals surface area contributed by atoms with Gasteiger partial charge in [-0.15, -0.1) is 0 Å². The van der Waals surface area contributed by atoms with Crippen LogP contribution in [-0.4, -0.2) is 29.0 Å². The van der Waals surface area contributed by atoms with Crippen LogP contribution in [0.3, 0.4) is 0 Å². The van der Waals surface area contributed by atoms with Crippen LogP contribution in [0.15, 0.2) is 30.5 Å². The Morgan fingerprint density at radius 3 is 2.85 bits per heavy atom. The van der Waals surface area contributed by atoms with E-state index in [1.54, 1.807) is 13.1 Å². The average molecular weight is 272 g/mol. The van der Waals surface area contributed by atoms with Crippen LogP contribution in [0, 0.1) is 0 Å². The number of nitrogens with one attached hydrogen (secondary N) is 2. The Balaban J connectivity index is 1.70. The van der Waals surface area contributed by atoms with Crippen molar-refractivity contribution in [2.45, 2.75) is 31.9 Å². The molecule has 0 saturated heterocycles. The van der Waals surface area contributed by atoms with E-state index < -0.39 is 12.1 Å². The van der Waals surface area contributed by atoms with E-state index >= 15 is 0 Å². The highest BCUT2D eigenvalue weighted by atomic mass is 16.5. The van der Waals surface area contributed by atoms with Crippen LogP contribution in [0.2, 0.25) is 0 Å². The molecule has 0 aliphatic heterocycles. The molecule has 1 aromatic carbocycles. The molecule has 1 aliphatic rings. The van der Waals surface area contributed by atoms with Gasteiger partial charge in [0.25, 0.3) is 5.91 Å². The van der Waals surface area contributed by atoms with E-state index in [2.05, 4.69) is 10.3 Å². The summed E-state index contributed by atoms with van der Waals surface area (Å²) in [5.41, 5.74) is 1.32. The number of aromatic nitrogens is 1. The van der Waals surface area contributed by atoms with Crippen LogP contribution in [0.1, 0.15) is 30.1 Å². The van der Waals surface area contributed by atoms with Crippen molar-refractivity contribution in [2.75, 3.05) is 0 Å². The Labute approximate surface area is 116 Å². The minimum atomic E-state index is -0.781. The second-order valence-corrected chi connectivity index (χ2v) is 5.08. The van der Waals surface area contributed by atoms with Gasteiger partial charge in [0.05, 0.1) is 5.56 Å². The molecule has 5 nitrogen and oxygen atoms in total. The molecule has 1 saturated carbocycles. The highest BCUT2D eigenvalue weighted by Crippen LogP contribution is 2.20. The number of para-hydroxylation sites is 1. The fourth-order valence-electron chi connectivity index (χ4n) is 2.06. The molecule has 0 unspecified atom stereocenters. The number of amides is 1. The first-order chi connectivity index (χ1) is 9.65. The Bertz CT molecular complexity index is 658. The van der Waals surface area contributed by atoms with Gasteiger partial charge in [-0.2, -0.15) is 0 Å². The second kappa shape index (κ2) is 5.00. The summed E-state index contributed by atoms with van der Waals surface area (Å²) in [6, 6.07) is 7.74. The molecule has 1 amide bonds. The maximum atomic E-state index is 12.1. The van der Waals surface area contributed by atoms with Crippen molar-refractivity contribution in [3.63, 3.8) is 0 Å². The van der Waals surface area contributed by atoms with Crippen LogP contribution < -0.4 is 5.32 Å². The zero-order valence-corrected chi connectivity index (χ0v) is 11.2. The first-order valence-electron chi connectivity index (χ1n) is 6.72. The number of carbonyl (C=O) groups is 2. The molecule has 1 aromatic heterocycles. The van der Waals surface area contributed by atoms with Gasteiger partial charge in [0.2, 0.25) is 0 Å². The Hall–Kier alpha value is -2.30. The van der Waals surface area contributed by atoms with Gasteiger partial charge in [-0.1, -0.05) is 18.2 Å². The number of hydrogen-bond donors (Lipinski definition) is 2. The molecule has 1 atom stereocenters. The van der Waals surface area contributed by atoms with Gasteiger partial charge < -0.3 is 15.0 Å². The fraction of sp³-hybridized carbons (Fsp3) is 0.333. The van der Waals surface area contributed by atoms with E-state index in [1.807, 2.05) is 24.3 Å². The smallest absolute Gasteiger partial charge is 0.341 e. The van der Waals surface area contributed by atoms with Crippen molar-refractivity contribution in [3.05, 3.63) is 36.0 Å². The summed E-state index contributed by atoms with van der Waals surface area (Å²) in [7, 11) is 0. The van der Waals surface area contributed by atoms with Crippen molar-refractivity contribution in [1.29, 1.82) is 0 Å². The number of aromatic amines is 1. The molecular formula is C15H16N2O3. The van der Waals surface area contributed by atoms with E-state index in [0.717, 1.165) is 23.7 Å². The Morgan fingerprint density at radius 2 is 2.10 bits per heavy atom. The molecule has 2 aromatic rings. The van der Waals surface area contributed by atoms with Crippen molar-refractivity contribution >= 4 is 22.8 Å². The largest absolute Gasteiger partial charge is 0.449 e. The zero-order chi connectivity index (χ0) is 14.1. The lowest BCUT2D eigenvalue weighted by atomic mass is 10.2. The second-order valence-electron chi connectivity index (χ2n) is 5.08. The van der Waals surface area contributed by atoms with Crippen molar-refractivity contribution in [3.8, 4) is 0 Å². The number of H-pyrrole nitrogens is 1. The van der Waals surface area contributed by atoms with E-state index in [-0.39, 0.29) is 11.9 Å². The monoisotopic (exact) mass is 272 g/mol. The number of esters is 1. The lowest BCUT2D eigenvalue weighted by Gasteiger charge is -2.12. The number of hydrogen-bond acceptors (Lipinski definition) is 3. The van der Waals surface area contributed by atoms with Gasteiger partial charge >= 0.3 is 5.97 Å². The Morgan fingerprint density at radius 1 is 1.35 bits per heavy atom. The number of fused-ring (bicyclic) bond motifs is 1. The normalized spacial score (nSPS) is 15.8. The van der Waals surface area contributed by atoms with E-state index in [4.69, 9.17) is 4.74 Å². The van der Waals surface area contributed by atoms with Crippen LogP contribution in [0.25, 0.3) is 10.9 Å². The summed E-state index contributed by atoms with van der Waals surface area (Å²) < 4.78 is 5.22. The first-order valence-corrected chi connectivity index (χ1v) is 6.72. The highest BCUT2D eigenvalue weighted by Gasteiger charge is 2.27. The summed E-state index contributed by atoms with van der Waals surface area (Å²) in [5, 5.41) is 3.62. The van der Waals surface area contributed by atoms with Crippen molar-refractivity contribution in [2.24, 2.45) is 0 Å². The van der Waals surface area contributed by atoms with Crippen LogP contribution in [0.5, 0.6) is 0 Å². The van der Waals surface area contributed by atoms with Gasteiger partial charge in [-0.3, -0.25) is 4.79 Å². The van der Waals surface area contributed by atoms with Crippen LogP contribution >= 0.6 is 0 Å². The van der Waals surface area contributed by atoms with Crippen LogP contribution in [-0.2, 0) is 9.53 Å². The molecule has 1 aliphatic carbocycles. The van der Waals surface area contributed by atoms with E-state index in [0.29, 0.717) is 5.56 Å². The summed E-state index contributed by atoms with van der Waals surface area (Å²) >= 11 is 0. The molecule has 0 bridgehead atoms. The maximum absolute atomic E-state index is 12.1. The quantitative estimate of drug-likeness (QED) is 0.836. The third-order valence-electron chi connectivity index (χ3n) is 3.39. The number of carbonyl (C=O) groups excluding carboxylic acids is 2. The lowest BCUT2D eigenvalue weighted by molar-refractivity contribution is -0.129. The zero-order valence-electron chi connectivity index (χ0n) is 11.2. The standard InChI is InChI=1S/C15H16N2O3/c1-9(14(18)17-10-6-7-10)20-15(19)12-8-16-13-5-3-2-4-11(12)13/h2-5,8-10,16H,6-7H2,1H3,(H,17,18)/t9-/m0/s1. The summed E-state index contributed by atoms with van der Waals surface area (Å²) in [6.07, 6.45) is 2.85. The molecule has 5 heteroatoms. The predicted octanol–water partition coefficient (Wildman–Crippen LogP) is 1.99. The molecule has 104 valence electrons. The summed E-state index contributed by atoms with van der Waals surface area (Å²) in [4.78, 5) is 26.9. The molecule has 1 heterocycles. The maximum Gasteiger partial charge on any atom is 0.341 e. The van der Waals surface area contributed by atoms with E-state index in [9.17, 15) is 9.59 Å². The average Bonchev–Trinajstić information content (AvgIpc) is 3.14. The SMILES string of the molecule is C[C@H](OC(=O)c1c[nH]c2ccccc12)C(=O)NC1CC1. The lowest BCUT2D eigenvalue weighted by Crippen LogP contribution is -2.37. The first kappa shape index (κ1) is 12.7. The molecule has 2 N–H and O–H groups in total. The third kappa shape index (κ3) is 2.52. The molecule has 3 rings (SSSR count). The van der Waals surface area contributed by atoms with E-state index in [1.165, 1.54) is 0 Å². The minimum Gasteiger partial charge on any atom is -0.449 e. The predicted molar refractivity (Wildman–Crippen MR) is 74.3 cm³/mol. The van der Waals surface area contributed by atoms with Gasteiger partial charge in [0.15, 0.2) is 6.10 Å². The fourth-order valence-corrected chi connectivity index (χ4v) is 2.06. The molecule has 20 heavy (non-hydrogen) atoms. The van der Waals surface area contributed by atoms with Crippen molar-refractivity contribution < 1.29 is 14.3 Å². The number of rotatable bonds is 4. The Kier molecular flexibility index (Phi) is 3.18. The van der Waals surface area contributed by atoms with Gasteiger partial charge in [-0.05, 0) is 25.8 Å². The topological polar surface area (TPSA) is 71.2 Å². The van der Waals surface area contributed by atoms with Gasteiger partial charge in [-0.25, -0.2) is 4.79 Å². The third-order valence-corrected chi connectivity index (χ3v) is 3.39. The summed E-state index contributed by atoms with van der Waals surface area (Å²) in [5.74, 6) is -0.721. The van der Waals surface area contributed by atoms with Crippen LogP contribution in [0.4, 0.5) is 0 Å². The molecule has 0 radical (unpaired) electrons. The van der Waals surface area contributed by atoms with Gasteiger partial charge in [0.1, 0.15) is 0 Å². The molecule has 0 spiro atoms. The highest BCUT2D eigenvalue weighted by molar-refractivity contribution is 6.04. The summed E-state index contributed by atoms with van der Waals surface area (Å²) in [6.45, 7) is 1.59. The van der Waals surface area contributed by atoms with Gasteiger partial charge in [0, 0.05) is 23.1 Å². The number of benzene rings is 1. The minimum absolute atomic E-state index is 0.235. The molecule has 1 fully saturated rings. The van der Waals surface area contributed by atoms with Crippen molar-refractivity contribution in [1.82, 2.24) is 10.3 Å². The number of ether oxygens (including phenoxy) is 1. The molecular weight excluding hydrogens is 256 g/mol.